The largest absolute Gasteiger partial charge is 0.423 e. The first-order chi connectivity index (χ1) is 14.2. The predicted molar refractivity (Wildman–Crippen MR) is 115 cm³/mol. The maximum atomic E-state index is 12.2. The number of nitrogens with zero attached hydrogens (tertiary/aromatic N) is 2. The third-order valence-electron chi connectivity index (χ3n) is 4.45. The van der Waals surface area contributed by atoms with Crippen LogP contribution >= 0.6 is 0 Å². The van der Waals surface area contributed by atoms with Crippen molar-refractivity contribution < 1.29 is 9.53 Å². The lowest BCUT2D eigenvalue weighted by Crippen LogP contribution is -2.03. The highest BCUT2D eigenvalue weighted by atomic mass is 16.5. The van der Waals surface area contributed by atoms with E-state index >= 15 is 0 Å². The van der Waals surface area contributed by atoms with Gasteiger partial charge in [-0.25, -0.2) is 9.48 Å². The Kier molecular flexibility index (Phi) is 5.34. The second-order valence-corrected chi connectivity index (χ2v) is 6.65. The van der Waals surface area contributed by atoms with Gasteiger partial charge in [0.15, 0.2) is 0 Å². The van der Waals surface area contributed by atoms with Crippen LogP contribution in [0.2, 0.25) is 0 Å². The van der Waals surface area contributed by atoms with Crippen molar-refractivity contribution in [3.8, 4) is 22.7 Å². The van der Waals surface area contributed by atoms with E-state index in [0.717, 1.165) is 22.5 Å². The van der Waals surface area contributed by atoms with Crippen LogP contribution in [0.5, 0.6) is 5.75 Å². The molecule has 0 bridgehead atoms. The van der Waals surface area contributed by atoms with Crippen molar-refractivity contribution >= 4 is 12.0 Å². The van der Waals surface area contributed by atoms with Crippen LogP contribution in [0.25, 0.3) is 23.0 Å². The van der Waals surface area contributed by atoms with Crippen molar-refractivity contribution in [2.75, 3.05) is 0 Å². The second kappa shape index (κ2) is 8.40. The molecular weight excluding hydrogens is 360 g/mol. The van der Waals surface area contributed by atoms with E-state index < -0.39 is 5.97 Å². The molecule has 3 aromatic carbocycles. The van der Waals surface area contributed by atoms with Crippen molar-refractivity contribution in [3.63, 3.8) is 0 Å². The molecule has 0 aliphatic rings. The van der Waals surface area contributed by atoms with E-state index in [9.17, 15) is 4.79 Å². The molecular formula is C25H20N2O2. The van der Waals surface area contributed by atoms with E-state index in [0.29, 0.717) is 5.75 Å². The van der Waals surface area contributed by atoms with E-state index in [1.54, 1.807) is 18.2 Å². The third-order valence-corrected chi connectivity index (χ3v) is 4.45. The number of hydrogen-bond donors (Lipinski definition) is 0. The normalized spacial score (nSPS) is 10.9. The van der Waals surface area contributed by atoms with E-state index in [1.165, 1.54) is 11.6 Å². The average molecular weight is 380 g/mol. The van der Waals surface area contributed by atoms with Gasteiger partial charge in [-0.15, -0.1) is 0 Å². The summed E-state index contributed by atoms with van der Waals surface area (Å²) in [4.78, 5) is 12.2. The second-order valence-electron chi connectivity index (χ2n) is 6.65. The molecule has 4 heteroatoms. The summed E-state index contributed by atoms with van der Waals surface area (Å²) in [6, 6.07) is 27.1. The summed E-state index contributed by atoms with van der Waals surface area (Å²) in [7, 11) is 0. The van der Waals surface area contributed by atoms with Gasteiger partial charge in [-0.2, -0.15) is 5.10 Å². The summed E-state index contributed by atoms with van der Waals surface area (Å²) in [6.07, 6.45) is 5.08. The highest BCUT2D eigenvalue weighted by Crippen LogP contribution is 2.25. The zero-order chi connectivity index (χ0) is 20.1. The fourth-order valence-corrected chi connectivity index (χ4v) is 2.95. The number of benzene rings is 3. The zero-order valence-electron chi connectivity index (χ0n) is 16.0. The van der Waals surface area contributed by atoms with Gasteiger partial charge in [0.25, 0.3) is 0 Å². The summed E-state index contributed by atoms with van der Waals surface area (Å²) >= 11 is 0. The molecule has 142 valence electrons. The molecule has 0 atom stereocenters. The molecule has 0 radical (unpaired) electrons. The molecule has 0 spiro atoms. The number of aromatic nitrogens is 2. The summed E-state index contributed by atoms with van der Waals surface area (Å²) < 4.78 is 7.15. The van der Waals surface area contributed by atoms with Gasteiger partial charge in [0.2, 0.25) is 0 Å². The number of para-hydroxylation sites is 2. The Labute approximate surface area is 169 Å². The molecule has 4 rings (SSSR count). The van der Waals surface area contributed by atoms with Crippen LogP contribution in [0.15, 0.2) is 97.2 Å². The van der Waals surface area contributed by atoms with Crippen LogP contribution in [0.4, 0.5) is 0 Å². The van der Waals surface area contributed by atoms with Crippen LogP contribution in [0.3, 0.4) is 0 Å². The molecule has 0 aliphatic heterocycles. The van der Waals surface area contributed by atoms with Crippen LogP contribution in [-0.2, 0) is 4.79 Å². The molecule has 4 aromatic rings. The van der Waals surface area contributed by atoms with Gasteiger partial charge in [0, 0.05) is 23.4 Å². The van der Waals surface area contributed by atoms with Gasteiger partial charge < -0.3 is 4.74 Å². The molecule has 0 amide bonds. The number of carbonyl (C=O) groups excluding carboxylic acids is 1. The molecule has 0 N–H and O–H groups in total. The van der Waals surface area contributed by atoms with Crippen molar-refractivity contribution in [2.24, 2.45) is 0 Å². The predicted octanol–water partition coefficient (Wildman–Crippen LogP) is 5.47. The molecule has 0 saturated heterocycles. The first kappa shape index (κ1) is 18.4. The lowest BCUT2D eigenvalue weighted by Gasteiger charge is -2.01. The Morgan fingerprint density at radius 1 is 0.897 bits per heavy atom. The fourth-order valence-electron chi connectivity index (χ4n) is 2.95. The Morgan fingerprint density at radius 2 is 1.55 bits per heavy atom. The van der Waals surface area contributed by atoms with Crippen molar-refractivity contribution in [1.29, 1.82) is 0 Å². The Morgan fingerprint density at radius 3 is 2.24 bits per heavy atom. The van der Waals surface area contributed by atoms with Crippen LogP contribution in [0.1, 0.15) is 11.1 Å². The van der Waals surface area contributed by atoms with Crippen molar-refractivity contribution in [2.45, 2.75) is 6.92 Å². The van der Waals surface area contributed by atoms with Crippen molar-refractivity contribution in [1.82, 2.24) is 9.78 Å². The molecule has 0 aliphatic carbocycles. The first-order valence-electron chi connectivity index (χ1n) is 9.36. The highest BCUT2D eigenvalue weighted by molar-refractivity contribution is 5.90. The standard InChI is InChI=1S/C25H20N2O2/c1-19-12-14-20(15-13-19)25-21(18-27(26-25)22-8-4-2-5-9-22)16-17-24(28)29-23-10-6-3-7-11-23/h2-18H,1H3. The summed E-state index contributed by atoms with van der Waals surface area (Å²) in [5.41, 5.74) is 4.76. The first-order valence-corrected chi connectivity index (χ1v) is 9.36. The Hall–Kier alpha value is -3.92. The SMILES string of the molecule is Cc1ccc(-c2nn(-c3ccccc3)cc2C=CC(=O)Oc2ccccc2)cc1. The number of ether oxygens (including phenoxy) is 1. The minimum absolute atomic E-state index is 0.432. The quantitative estimate of drug-likeness (QED) is 0.262. The minimum atomic E-state index is -0.432. The van der Waals surface area contributed by atoms with E-state index in [2.05, 4.69) is 0 Å². The number of esters is 1. The summed E-state index contributed by atoms with van der Waals surface area (Å²) in [5, 5.41) is 4.76. The summed E-state index contributed by atoms with van der Waals surface area (Å²) in [6.45, 7) is 2.05. The van der Waals surface area contributed by atoms with Gasteiger partial charge in [0.1, 0.15) is 5.75 Å². The third kappa shape index (κ3) is 4.50. The fraction of sp³-hybridized carbons (Fsp3) is 0.0400. The molecule has 1 aromatic heterocycles. The highest BCUT2D eigenvalue weighted by Gasteiger charge is 2.11. The number of aryl methyl sites for hydroxylation is 1. The monoisotopic (exact) mass is 380 g/mol. The topological polar surface area (TPSA) is 44.1 Å². The van der Waals surface area contributed by atoms with Gasteiger partial charge in [-0.05, 0) is 37.3 Å². The van der Waals surface area contributed by atoms with Crippen molar-refractivity contribution in [3.05, 3.63) is 108 Å². The van der Waals surface area contributed by atoms with E-state index in [1.807, 2.05) is 90.6 Å². The lowest BCUT2D eigenvalue weighted by atomic mass is 10.1. The van der Waals surface area contributed by atoms with Crippen LogP contribution in [-0.4, -0.2) is 15.7 Å². The van der Waals surface area contributed by atoms with E-state index in [-0.39, 0.29) is 0 Å². The lowest BCUT2D eigenvalue weighted by molar-refractivity contribution is -0.128. The molecule has 0 unspecified atom stereocenters. The van der Waals surface area contributed by atoms with Crippen LogP contribution in [0, 0.1) is 6.92 Å². The minimum Gasteiger partial charge on any atom is -0.423 e. The number of carbonyl (C=O) groups is 1. The maximum Gasteiger partial charge on any atom is 0.336 e. The molecule has 0 fully saturated rings. The maximum absolute atomic E-state index is 12.2. The Bertz CT molecular complexity index is 1130. The Balaban J connectivity index is 1.66. The van der Waals surface area contributed by atoms with Gasteiger partial charge in [0.05, 0.1) is 11.4 Å². The smallest absolute Gasteiger partial charge is 0.336 e. The average Bonchev–Trinajstić information content (AvgIpc) is 3.18. The number of rotatable bonds is 5. The van der Waals surface area contributed by atoms with Gasteiger partial charge in [-0.1, -0.05) is 66.2 Å². The van der Waals surface area contributed by atoms with Gasteiger partial charge >= 0.3 is 5.97 Å². The summed E-state index contributed by atoms with van der Waals surface area (Å²) in [5.74, 6) is 0.0828. The molecule has 4 nitrogen and oxygen atoms in total. The molecule has 0 saturated carbocycles. The number of hydrogen-bond acceptors (Lipinski definition) is 3. The molecule has 29 heavy (non-hydrogen) atoms. The van der Waals surface area contributed by atoms with Gasteiger partial charge in [-0.3, -0.25) is 0 Å². The zero-order valence-corrected chi connectivity index (χ0v) is 16.0. The van der Waals surface area contributed by atoms with Crippen LogP contribution < -0.4 is 4.74 Å². The van der Waals surface area contributed by atoms with E-state index in [4.69, 9.17) is 9.84 Å². The molecule has 1 heterocycles.